The van der Waals surface area contributed by atoms with Gasteiger partial charge < -0.3 is 0 Å². The highest BCUT2D eigenvalue weighted by atomic mass is 14.8. The van der Waals surface area contributed by atoms with Crippen LogP contribution in [0.15, 0.2) is 28.4 Å². The molecule has 1 nitrogen and oxygen atoms in total. The van der Waals surface area contributed by atoms with Crippen molar-refractivity contribution in [3.05, 3.63) is 23.4 Å². The molecule has 1 aliphatic heterocycles. The summed E-state index contributed by atoms with van der Waals surface area (Å²) < 4.78 is 0. The van der Waals surface area contributed by atoms with Crippen LogP contribution in [0.5, 0.6) is 0 Å². The van der Waals surface area contributed by atoms with Crippen molar-refractivity contribution >= 4 is 6.21 Å². The van der Waals surface area contributed by atoms with Gasteiger partial charge in [0, 0.05) is 17.5 Å². The fourth-order valence-electron chi connectivity index (χ4n) is 1.86. The van der Waals surface area contributed by atoms with E-state index in [0.29, 0.717) is 5.92 Å². The molecule has 0 amide bonds. The van der Waals surface area contributed by atoms with Crippen LogP contribution < -0.4 is 0 Å². The van der Waals surface area contributed by atoms with Crippen LogP contribution in [0.2, 0.25) is 0 Å². The lowest BCUT2D eigenvalue weighted by Crippen LogP contribution is -2.22. The maximum absolute atomic E-state index is 4.38. The van der Waals surface area contributed by atoms with E-state index >= 15 is 0 Å². The molecule has 0 N–H and O–H groups in total. The van der Waals surface area contributed by atoms with Crippen LogP contribution in [-0.2, 0) is 0 Å². The third kappa shape index (κ3) is 0.635. The Balaban J connectivity index is 2.50. The molecule has 0 aromatic carbocycles. The lowest BCUT2D eigenvalue weighted by molar-refractivity contribution is 0.423. The van der Waals surface area contributed by atoms with Gasteiger partial charge in [0.15, 0.2) is 0 Å². The number of hydrogen-bond donors (Lipinski definition) is 0. The number of nitrogens with zero attached hydrogens (tertiary/aromatic N) is 1. The average molecular weight is 147 g/mol. The number of hydrogen-bond acceptors (Lipinski definition) is 1. The van der Waals surface area contributed by atoms with Gasteiger partial charge in [-0.05, 0) is 19.9 Å². The van der Waals surface area contributed by atoms with E-state index in [0.717, 1.165) is 0 Å². The highest BCUT2D eigenvalue weighted by Gasteiger charge is 2.41. The van der Waals surface area contributed by atoms with E-state index in [1.807, 2.05) is 0 Å². The lowest BCUT2D eigenvalue weighted by Gasteiger charge is -2.27. The summed E-state index contributed by atoms with van der Waals surface area (Å²) in [6.45, 7) is 6.69. The summed E-state index contributed by atoms with van der Waals surface area (Å²) in [5.41, 5.74) is 2.90. The Labute approximate surface area is 67.5 Å². The molecular weight excluding hydrogens is 134 g/mol. The van der Waals surface area contributed by atoms with Gasteiger partial charge in [0.25, 0.3) is 0 Å². The Bertz CT molecular complexity index is 283. The Morgan fingerprint density at radius 1 is 1.45 bits per heavy atom. The first-order valence-electron chi connectivity index (χ1n) is 4.09. The molecule has 58 valence electrons. The maximum Gasteiger partial charge on any atom is 0.0505 e. The highest BCUT2D eigenvalue weighted by molar-refractivity contribution is 5.71. The smallest absolute Gasteiger partial charge is 0.0505 e. The van der Waals surface area contributed by atoms with Crippen molar-refractivity contribution in [2.75, 3.05) is 0 Å². The fraction of sp³-hybridized carbons (Fsp3) is 0.500. The van der Waals surface area contributed by atoms with Crippen LogP contribution in [-0.4, -0.2) is 6.21 Å². The first-order chi connectivity index (χ1) is 5.15. The van der Waals surface area contributed by atoms with E-state index < -0.39 is 0 Å². The Morgan fingerprint density at radius 3 is 2.82 bits per heavy atom. The SMILES string of the molecule is CC1=CC=C2N=CC(C)C12C. The maximum atomic E-state index is 4.38. The topological polar surface area (TPSA) is 12.4 Å². The first kappa shape index (κ1) is 6.84. The van der Waals surface area contributed by atoms with Gasteiger partial charge in [0.1, 0.15) is 0 Å². The van der Waals surface area contributed by atoms with Gasteiger partial charge in [-0.3, -0.25) is 4.99 Å². The first-order valence-corrected chi connectivity index (χ1v) is 4.09. The van der Waals surface area contributed by atoms with Gasteiger partial charge in [-0.25, -0.2) is 0 Å². The molecule has 0 radical (unpaired) electrons. The Morgan fingerprint density at radius 2 is 2.18 bits per heavy atom. The normalized spacial score (nSPS) is 40.5. The molecule has 0 saturated carbocycles. The zero-order valence-corrected chi connectivity index (χ0v) is 7.26. The molecule has 2 unspecified atom stereocenters. The van der Waals surface area contributed by atoms with E-state index in [9.17, 15) is 0 Å². The third-order valence-electron chi connectivity index (χ3n) is 3.19. The molecule has 0 aromatic rings. The van der Waals surface area contributed by atoms with Crippen LogP contribution in [0.1, 0.15) is 20.8 Å². The fourth-order valence-corrected chi connectivity index (χ4v) is 1.86. The van der Waals surface area contributed by atoms with Crippen LogP contribution in [0.4, 0.5) is 0 Å². The Hall–Kier alpha value is -0.850. The number of rotatable bonds is 0. The molecular formula is C10H13N. The second-order valence-corrected chi connectivity index (χ2v) is 3.67. The van der Waals surface area contributed by atoms with E-state index in [-0.39, 0.29) is 5.41 Å². The van der Waals surface area contributed by atoms with Crippen molar-refractivity contribution in [2.45, 2.75) is 20.8 Å². The predicted octanol–water partition coefficient (Wildman–Crippen LogP) is 2.56. The zero-order chi connectivity index (χ0) is 8.06. The summed E-state index contributed by atoms with van der Waals surface area (Å²) >= 11 is 0. The molecule has 1 heteroatoms. The molecule has 0 saturated heterocycles. The predicted molar refractivity (Wildman–Crippen MR) is 47.6 cm³/mol. The quantitative estimate of drug-likeness (QED) is 0.499. The van der Waals surface area contributed by atoms with Gasteiger partial charge in [-0.15, -0.1) is 0 Å². The van der Waals surface area contributed by atoms with Gasteiger partial charge in [-0.2, -0.15) is 0 Å². The average Bonchev–Trinajstić information content (AvgIpc) is 2.40. The van der Waals surface area contributed by atoms with Gasteiger partial charge in [0.05, 0.1) is 5.70 Å². The highest BCUT2D eigenvalue weighted by Crippen LogP contribution is 2.48. The molecule has 2 aliphatic rings. The molecule has 0 aromatic heterocycles. The summed E-state index contributed by atoms with van der Waals surface area (Å²) in [6.07, 6.45) is 6.38. The van der Waals surface area contributed by atoms with E-state index in [1.165, 1.54) is 11.3 Å². The number of aliphatic imine (C=N–C) groups is 1. The zero-order valence-electron chi connectivity index (χ0n) is 7.26. The second kappa shape index (κ2) is 1.84. The minimum atomic E-state index is 0.222. The molecule has 11 heavy (non-hydrogen) atoms. The van der Waals surface area contributed by atoms with Crippen LogP contribution in [0.25, 0.3) is 0 Å². The molecule has 0 spiro atoms. The van der Waals surface area contributed by atoms with Crippen molar-refractivity contribution in [2.24, 2.45) is 16.3 Å². The second-order valence-electron chi connectivity index (χ2n) is 3.67. The van der Waals surface area contributed by atoms with Crippen LogP contribution >= 0.6 is 0 Å². The summed E-state index contributed by atoms with van der Waals surface area (Å²) in [7, 11) is 0. The molecule has 1 heterocycles. The Kier molecular flexibility index (Phi) is 1.15. The van der Waals surface area contributed by atoms with Crippen molar-refractivity contribution in [1.82, 2.24) is 0 Å². The lowest BCUT2D eigenvalue weighted by atomic mass is 9.75. The van der Waals surface area contributed by atoms with Crippen molar-refractivity contribution in [3.63, 3.8) is 0 Å². The summed E-state index contributed by atoms with van der Waals surface area (Å²) in [5.74, 6) is 0.562. The third-order valence-corrected chi connectivity index (χ3v) is 3.19. The van der Waals surface area contributed by atoms with E-state index in [2.05, 4.69) is 44.1 Å². The number of allylic oxidation sites excluding steroid dienone is 3. The molecule has 0 fully saturated rings. The largest absolute Gasteiger partial charge is 0.264 e. The summed E-state index contributed by atoms with van der Waals surface area (Å²) in [6, 6.07) is 0. The van der Waals surface area contributed by atoms with Crippen molar-refractivity contribution in [3.8, 4) is 0 Å². The van der Waals surface area contributed by atoms with Gasteiger partial charge in [0.2, 0.25) is 0 Å². The van der Waals surface area contributed by atoms with Crippen LogP contribution in [0.3, 0.4) is 0 Å². The molecule has 0 bridgehead atoms. The molecule has 1 aliphatic carbocycles. The molecule has 2 rings (SSSR count). The van der Waals surface area contributed by atoms with Gasteiger partial charge >= 0.3 is 0 Å². The van der Waals surface area contributed by atoms with Crippen molar-refractivity contribution < 1.29 is 0 Å². The minimum absolute atomic E-state index is 0.222. The van der Waals surface area contributed by atoms with E-state index in [1.54, 1.807) is 0 Å². The van der Waals surface area contributed by atoms with Crippen molar-refractivity contribution in [1.29, 1.82) is 0 Å². The number of fused-ring (bicyclic) bond motifs is 1. The summed E-state index contributed by atoms with van der Waals surface area (Å²) in [4.78, 5) is 4.38. The molecule has 2 atom stereocenters. The standard InChI is InChI=1S/C10H13N/c1-7-4-5-9-10(7,3)8(2)6-11-9/h4-6,8H,1-3H3. The monoisotopic (exact) mass is 147 g/mol. The summed E-state index contributed by atoms with van der Waals surface area (Å²) in [5, 5.41) is 0. The van der Waals surface area contributed by atoms with Crippen LogP contribution in [0, 0.1) is 11.3 Å². The van der Waals surface area contributed by atoms with Gasteiger partial charge in [-0.1, -0.05) is 18.6 Å². The minimum Gasteiger partial charge on any atom is -0.264 e. The van der Waals surface area contributed by atoms with E-state index in [4.69, 9.17) is 0 Å².